The molecule has 1 heterocycles. The van der Waals surface area contributed by atoms with Gasteiger partial charge in [-0.05, 0) is 30.9 Å². The molecule has 2 aliphatic rings. The molecule has 0 amide bonds. The minimum atomic E-state index is 0.229. The van der Waals surface area contributed by atoms with E-state index >= 15 is 0 Å². The van der Waals surface area contributed by atoms with Crippen LogP contribution >= 0.6 is 0 Å². The van der Waals surface area contributed by atoms with Crippen LogP contribution in [0.1, 0.15) is 50.5 Å². The molecule has 104 valence electrons. The Hall–Kier alpha value is -1.02. The number of nitrogens with zero attached hydrogens (tertiary/aromatic N) is 1. The fraction of sp³-hybridized carbons (Fsp3) is 0.647. The van der Waals surface area contributed by atoms with Crippen molar-refractivity contribution in [3.8, 4) is 0 Å². The predicted octanol–water partition coefficient (Wildman–Crippen LogP) is 3.49. The van der Waals surface area contributed by atoms with E-state index in [9.17, 15) is 0 Å². The molecule has 0 unspecified atom stereocenters. The van der Waals surface area contributed by atoms with Crippen molar-refractivity contribution in [3.05, 3.63) is 29.8 Å². The highest BCUT2D eigenvalue weighted by Gasteiger charge is 2.38. The van der Waals surface area contributed by atoms with Crippen LogP contribution in [0.3, 0.4) is 0 Å². The Balaban J connectivity index is 1.89. The van der Waals surface area contributed by atoms with Gasteiger partial charge < -0.3 is 10.6 Å². The van der Waals surface area contributed by atoms with Crippen molar-refractivity contribution >= 4 is 5.69 Å². The summed E-state index contributed by atoms with van der Waals surface area (Å²) < 4.78 is 0. The Morgan fingerprint density at radius 2 is 1.68 bits per heavy atom. The number of benzene rings is 1. The van der Waals surface area contributed by atoms with Crippen LogP contribution in [0.2, 0.25) is 0 Å². The number of hydrogen-bond donors (Lipinski definition) is 1. The maximum atomic E-state index is 6.25. The first-order valence-electron chi connectivity index (χ1n) is 7.91. The molecule has 19 heavy (non-hydrogen) atoms. The summed E-state index contributed by atoms with van der Waals surface area (Å²) in [5.41, 5.74) is 9.45. The SMILES string of the molecule is NCC1(N2CCc3ccccc32)CCCCCCC1. The molecule has 1 aliphatic heterocycles. The zero-order valence-corrected chi connectivity index (χ0v) is 11.9. The molecule has 1 fully saturated rings. The number of rotatable bonds is 2. The second-order valence-electron chi connectivity index (χ2n) is 6.23. The first-order valence-corrected chi connectivity index (χ1v) is 7.91. The minimum absolute atomic E-state index is 0.229. The second kappa shape index (κ2) is 5.54. The quantitative estimate of drug-likeness (QED) is 0.880. The molecular weight excluding hydrogens is 232 g/mol. The van der Waals surface area contributed by atoms with Gasteiger partial charge in [-0.2, -0.15) is 0 Å². The molecule has 1 aliphatic carbocycles. The summed E-state index contributed by atoms with van der Waals surface area (Å²) in [5.74, 6) is 0. The third-order valence-electron chi connectivity index (χ3n) is 5.12. The summed E-state index contributed by atoms with van der Waals surface area (Å²) in [5, 5.41) is 0. The van der Waals surface area contributed by atoms with E-state index in [1.54, 1.807) is 0 Å². The van der Waals surface area contributed by atoms with E-state index in [1.165, 1.54) is 62.6 Å². The van der Waals surface area contributed by atoms with E-state index < -0.39 is 0 Å². The van der Waals surface area contributed by atoms with Gasteiger partial charge in [0.25, 0.3) is 0 Å². The largest absolute Gasteiger partial charge is 0.364 e. The normalized spacial score (nSPS) is 22.7. The van der Waals surface area contributed by atoms with Crippen molar-refractivity contribution in [2.45, 2.75) is 56.9 Å². The Kier molecular flexibility index (Phi) is 3.79. The summed E-state index contributed by atoms with van der Waals surface area (Å²) in [6.07, 6.45) is 10.6. The first-order chi connectivity index (χ1) is 9.36. The van der Waals surface area contributed by atoms with Gasteiger partial charge in [-0.15, -0.1) is 0 Å². The molecule has 2 N–H and O–H groups in total. The average Bonchev–Trinajstić information content (AvgIpc) is 2.84. The molecule has 0 atom stereocenters. The maximum Gasteiger partial charge on any atom is 0.0524 e. The van der Waals surface area contributed by atoms with Gasteiger partial charge in [0.15, 0.2) is 0 Å². The molecular formula is C17H26N2. The van der Waals surface area contributed by atoms with Gasteiger partial charge in [0.05, 0.1) is 5.54 Å². The molecule has 1 saturated carbocycles. The lowest BCUT2D eigenvalue weighted by atomic mass is 9.82. The summed E-state index contributed by atoms with van der Waals surface area (Å²) in [6.45, 7) is 1.97. The summed E-state index contributed by atoms with van der Waals surface area (Å²) in [4.78, 5) is 2.65. The van der Waals surface area contributed by atoms with Crippen molar-refractivity contribution in [1.29, 1.82) is 0 Å². The zero-order valence-electron chi connectivity index (χ0n) is 11.9. The van der Waals surface area contributed by atoms with Gasteiger partial charge in [0, 0.05) is 18.8 Å². The lowest BCUT2D eigenvalue weighted by Gasteiger charge is -2.44. The lowest BCUT2D eigenvalue weighted by molar-refractivity contribution is 0.304. The second-order valence-corrected chi connectivity index (χ2v) is 6.23. The van der Waals surface area contributed by atoms with Gasteiger partial charge in [0.1, 0.15) is 0 Å². The Bertz CT molecular complexity index is 419. The van der Waals surface area contributed by atoms with Gasteiger partial charge in [-0.25, -0.2) is 0 Å². The van der Waals surface area contributed by atoms with Gasteiger partial charge in [0.2, 0.25) is 0 Å². The van der Waals surface area contributed by atoms with Crippen molar-refractivity contribution in [2.24, 2.45) is 5.73 Å². The highest BCUT2D eigenvalue weighted by Crippen LogP contribution is 2.39. The topological polar surface area (TPSA) is 29.3 Å². The van der Waals surface area contributed by atoms with Crippen molar-refractivity contribution < 1.29 is 0 Å². The number of para-hydroxylation sites is 1. The predicted molar refractivity (Wildman–Crippen MR) is 81.6 cm³/mol. The molecule has 2 nitrogen and oxygen atoms in total. The smallest absolute Gasteiger partial charge is 0.0524 e. The molecule has 0 aromatic heterocycles. The molecule has 0 saturated heterocycles. The molecule has 1 aromatic rings. The van der Waals surface area contributed by atoms with Gasteiger partial charge in [-0.1, -0.05) is 50.3 Å². The van der Waals surface area contributed by atoms with Crippen LogP contribution in [0, 0.1) is 0 Å². The molecule has 2 heteroatoms. The van der Waals surface area contributed by atoms with Crippen LogP contribution in [-0.2, 0) is 6.42 Å². The van der Waals surface area contributed by atoms with Crippen LogP contribution in [0.4, 0.5) is 5.69 Å². The highest BCUT2D eigenvalue weighted by atomic mass is 15.2. The van der Waals surface area contributed by atoms with Crippen LogP contribution in [0.25, 0.3) is 0 Å². The molecule has 0 bridgehead atoms. The zero-order chi connectivity index (χ0) is 13.1. The summed E-state index contributed by atoms with van der Waals surface area (Å²) in [6, 6.07) is 8.90. The maximum absolute atomic E-state index is 6.25. The third kappa shape index (κ3) is 2.38. The average molecular weight is 258 g/mol. The summed E-state index contributed by atoms with van der Waals surface area (Å²) in [7, 11) is 0. The number of anilines is 1. The highest BCUT2D eigenvalue weighted by molar-refractivity contribution is 5.60. The third-order valence-corrected chi connectivity index (χ3v) is 5.12. The van der Waals surface area contributed by atoms with Crippen molar-refractivity contribution in [1.82, 2.24) is 0 Å². The van der Waals surface area contributed by atoms with Gasteiger partial charge in [-0.3, -0.25) is 0 Å². The molecule has 0 radical (unpaired) electrons. The standard InChI is InChI=1S/C17H26N2/c18-14-17(11-6-2-1-3-7-12-17)19-13-10-15-8-4-5-9-16(15)19/h4-5,8-9H,1-3,6-7,10-14,18H2. The van der Waals surface area contributed by atoms with E-state index in [0.717, 1.165) is 13.1 Å². The fourth-order valence-electron chi connectivity index (χ4n) is 3.98. The van der Waals surface area contributed by atoms with E-state index in [1.807, 2.05) is 0 Å². The Labute approximate surface area is 117 Å². The fourth-order valence-corrected chi connectivity index (χ4v) is 3.98. The Morgan fingerprint density at radius 1 is 1.00 bits per heavy atom. The summed E-state index contributed by atoms with van der Waals surface area (Å²) >= 11 is 0. The van der Waals surface area contributed by atoms with Crippen LogP contribution in [0.15, 0.2) is 24.3 Å². The number of nitrogens with two attached hydrogens (primary N) is 1. The van der Waals surface area contributed by atoms with Crippen LogP contribution < -0.4 is 10.6 Å². The van der Waals surface area contributed by atoms with Crippen molar-refractivity contribution in [3.63, 3.8) is 0 Å². The first kappa shape index (κ1) is 13.0. The monoisotopic (exact) mass is 258 g/mol. The number of hydrogen-bond acceptors (Lipinski definition) is 2. The van der Waals surface area contributed by atoms with E-state index in [4.69, 9.17) is 5.73 Å². The van der Waals surface area contributed by atoms with Gasteiger partial charge >= 0.3 is 0 Å². The van der Waals surface area contributed by atoms with E-state index in [2.05, 4.69) is 29.2 Å². The van der Waals surface area contributed by atoms with E-state index in [-0.39, 0.29) is 5.54 Å². The number of fused-ring (bicyclic) bond motifs is 1. The van der Waals surface area contributed by atoms with Crippen LogP contribution in [0.5, 0.6) is 0 Å². The molecule has 0 spiro atoms. The molecule has 3 rings (SSSR count). The lowest BCUT2D eigenvalue weighted by Crippen LogP contribution is -2.54. The van der Waals surface area contributed by atoms with Crippen molar-refractivity contribution in [2.75, 3.05) is 18.0 Å². The minimum Gasteiger partial charge on any atom is -0.364 e. The Morgan fingerprint density at radius 3 is 2.42 bits per heavy atom. The van der Waals surface area contributed by atoms with E-state index in [0.29, 0.717) is 0 Å². The molecule has 1 aromatic carbocycles. The van der Waals surface area contributed by atoms with Crippen LogP contribution in [-0.4, -0.2) is 18.6 Å².